The summed E-state index contributed by atoms with van der Waals surface area (Å²) in [6, 6.07) is 6.26. The molecule has 1 aromatic carbocycles. The first kappa shape index (κ1) is 12.1. The van der Waals surface area contributed by atoms with Gasteiger partial charge in [0.25, 0.3) is 5.91 Å². The van der Waals surface area contributed by atoms with Crippen molar-refractivity contribution in [1.82, 2.24) is 20.3 Å². The molecule has 0 saturated carbocycles. The molecule has 0 radical (unpaired) electrons. The molecule has 1 amide bonds. The molecule has 18 heavy (non-hydrogen) atoms. The van der Waals surface area contributed by atoms with Gasteiger partial charge in [-0.2, -0.15) is 0 Å². The largest absolute Gasteiger partial charge is 0.508 e. The molecular weight excluding hydrogens is 232 g/mol. The summed E-state index contributed by atoms with van der Waals surface area (Å²) in [7, 11) is 0. The lowest BCUT2D eigenvalue weighted by Gasteiger charge is -2.05. The van der Waals surface area contributed by atoms with Crippen LogP contribution in [0.1, 0.15) is 16.8 Å². The van der Waals surface area contributed by atoms with Crippen molar-refractivity contribution in [3.8, 4) is 5.75 Å². The first-order valence-corrected chi connectivity index (χ1v) is 5.67. The number of aromatic nitrogens is 3. The summed E-state index contributed by atoms with van der Waals surface area (Å²) in [6.45, 7) is 1.26. The van der Waals surface area contributed by atoms with Gasteiger partial charge in [-0.15, -0.1) is 5.10 Å². The lowest BCUT2D eigenvalue weighted by Crippen LogP contribution is -2.25. The van der Waals surface area contributed by atoms with Crippen LogP contribution in [0.3, 0.4) is 0 Å². The van der Waals surface area contributed by atoms with Gasteiger partial charge in [-0.3, -0.25) is 9.48 Å². The number of nitrogens with one attached hydrogen (secondary N) is 1. The Morgan fingerprint density at radius 1 is 1.44 bits per heavy atom. The number of carbonyl (C=O) groups excluding carboxylic acids is 1. The van der Waals surface area contributed by atoms with Gasteiger partial charge in [-0.05, 0) is 24.6 Å². The Kier molecular flexibility index (Phi) is 3.90. The van der Waals surface area contributed by atoms with Gasteiger partial charge in [-0.25, -0.2) is 0 Å². The van der Waals surface area contributed by atoms with Crippen molar-refractivity contribution in [2.75, 3.05) is 6.54 Å². The molecule has 0 aliphatic rings. The van der Waals surface area contributed by atoms with Gasteiger partial charge in [0.05, 0.1) is 6.20 Å². The van der Waals surface area contributed by atoms with E-state index in [-0.39, 0.29) is 11.7 Å². The van der Waals surface area contributed by atoms with E-state index >= 15 is 0 Å². The fraction of sp³-hybridized carbons (Fsp3) is 0.250. The highest BCUT2D eigenvalue weighted by atomic mass is 16.3. The number of phenolic OH excluding ortho intramolecular Hbond substituents is 1. The molecule has 0 bridgehead atoms. The van der Waals surface area contributed by atoms with Crippen LogP contribution in [0.25, 0.3) is 0 Å². The van der Waals surface area contributed by atoms with E-state index in [1.807, 2.05) is 0 Å². The van der Waals surface area contributed by atoms with Crippen LogP contribution < -0.4 is 5.32 Å². The molecule has 0 saturated heterocycles. The summed E-state index contributed by atoms with van der Waals surface area (Å²) in [5, 5.41) is 19.6. The topological polar surface area (TPSA) is 80.0 Å². The number of rotatable bonds is 5. The molecule has 0 unspecified atom stereocenters. The standard InChI is InChI=1S/C12H14N4O2/c17-11-4-1-3-10(9-11)12(18)13-5-2-7-16-8-6-14-15-16/h1,3-4,6,8-9,17H,2,5,7H2,(H,13,18). The van der Waals surface area contributed by atoms with Crippen LogP contribution in [0.15, 0.2) is 36.7 Å². The summed E-state index contributed by atoms with van der Waals surface area (Å²) >= 11 is 0. The van der Waals surface area contributed by atoms with Crippen molar-refractivity contribution in [3.05, 3.63) is 42.2 Å². The Hall–Kier alpha value is -2.37. The zero-order chi connectivity index (χ0) is 12.8. The minimum Gasteiger partial charge on any atom is -0.508 e. The third-order valence-electron chi connectivity index (χ3n) is 2.43. The average molecular weight is 246 g/mol. The highest BCUT2D eigenvalue weighted by molar-refractivity contribution is 5.94. The van der Waals surface area contributed by atoms with Crippen molar-refractivity contribution in [2.24, 2.45) is 0 Å². The molecule has 2 rings (SSSR count). The Balaban J connectivity index is 1.75. The van der Waals surface area contributed by atoms with Crippen molar-refractivity contribution >= 4 is 5.91 Å². The lowest BCUT2D eigenvalue weighted by molar-refractivity contribution is 0.0952. The number of benzene rings is 1. The van der Waals surface area contributed by atoms with E-state index in [0.29, 0.717) is 18.7 Å². The van der Waals surface area contributed by atoms with E-state index in [2.05, 4.69) is 15.6 Å². The minimum atomic E-state index is -0.190. The maximum atomic E-state index is 11.7. The molecule has 6 heteroatoms. The zero-order valence-corrected chi connectivity index (χ0v) is 9.78. The smallest absolute Gasteiger partial charge is 0.251 e. The van der Waals surface area contributed by atoms with Gasteiger partial charge < -0.3 is 10.4 Å². The zero-order valence-electron chi connectivity index (χ0n) is 9.78. The molecule has 0 aliphatic heterocycles. The summed E-state index contributed by atoms with van der Waals surface area (Å²) in [4.78, 5) is 11.7. The van der Waals surface area contributed by atoms with Crippen molar-refractivity contribution in [1.29, 1.82) is 0 Å². The number of amides is 1. The average Bonchev–Trinajstić information content (AvgIpc) is 2.87. The summed E-state index contributed by atoms with van der Waals surface area (Å²) < 4.78 is 1.71. The third kappa shape index (κ3) is 3.31. The number of hydrogen-bond donors (Lipinski definition) is 2. The van der Waals surface area contributed by atoms with Crippen molar-refractivity contribution in [3.63, 3.8) is 0 Å². The SMILES string of the molecule is O=C(NCCCn1ccnn1)c1cccc(O)c1. The van der Waals surface area contributed by atoms with Gasteiger partial charge in [-0.1, -0.05) is 11.3 Å². The van der Waals surface area contributed by atoms with E-state index < -0.39 is 0 Å². The molecule has 0 aliphatic carbocycles. The molecule has 1 heterocycles. The van der Waals surface area contributed by atoms with Crippen molar-refractivity contribution < 1.29 is 9.90 Å². The highest BCUT2D eigenvalue weighted by Crippen LogP contribution is 2.10. The number of phenols is 1. The van der Waals surface area contributed by atoms with E-state index in [4.69, 9.17) is 0 Å². The minimum absolute atomic E-state index is 0.0882. The monoisotopic (exact) mass is 246 g/mol. The van der Waals surface area contributed by atoms with Crippen LogP contribution in [0, 0.1) is 0 Å². The molecule has 94 valence electrons. The summed E-state index contributed by atoms with van der Waals surface area (Å²) in [6.07, 6.45) is 4.16. The van der Waals surface area contributed by atoms with Crippen LogP contribution in [-0.2, 0) is 6.54 Å². The predicted octanol–water partition coefficient (Wildman–Crippen LogP) is 0.804. The molecular formula is C12H14N4O2. The van der Waals surface area contributed by atoms with Gasteiger partial charge in [0.2, 0.25) is 0 Å². The maximum absolute atomic E-state index is 11.7. The van der Waals surface area contributed by atoms with Gasteiger partial charge >= 0.3 is 0 Å². The third-order valence-corrected chi connectivity index (χ3v) is 2.43. The van der Waals surface area contributed by atoms with Gasteiger partial charge in [0, 0.05) is 24.8 Å². The van der Waals surface area contributed by atoms with Crippen LogP contribution in [-0.4, -0.2) is 32.6 Å². The Labute approximate surface area is 104 Å². The highest BCUT2D eigenvalue weighted by Gasteiger charge is 2.04. The maximum Gasteiger partial charge on any atom is 0.251 e. The Morgan fingerprint density at radius 2 is 2.33 bits per heavy atom. The van der Waals surface area contributed by atoms with E-state index in [9.17, 15) is 9.90 Å². The molecule has 6 nitrogen and oxygen atoms in total. The second-order valence-corrected chi connectivity index (χ2v) is 3.83. The Bertz CT molecular complexity index is 511. The molecule has 0 fully saturated rings. The van der Waals surface area contributed by atoms with Gasteiger partial charge in [0.1, 0.15) is 5.75 Å². The van der Waals surface area contributed by atoms with Gasteiger partial charge in [0.15, 0.2) is 0 Å². The molecule has 0 spiro atoms. The van der Waals surface area contributed by atoms with Crippen molar-refractivity contribution in [2.45, 2.75) is 13.0 Å². The van der Waals surface area contributed by atoms with E-state index in [1.54, 1.807) is 29.2 Å². The van der Waals surface area contributed by atoms with Crippen LogP contribution in [0.2, 0.25) is 0 Å². The van der Waals surface area contributed by atoms with Crippen LogP contribution in [0.5, 0.6) is 5.75 Å². The normalized spacial score (nSPS) is 10.2. The predicted molar refractivity (Wildman–Crippen MR) is 65.1 cm³/mol. The second kappa shape index (κ2) is 5.81. The quantitative estimate of drug-likeness (QED) is 0.765. The molecule has 2 aromatic rings. The van der Waals surface area contributed by atoms with E-state index in [0.717, 1.165) is 6.42 Å². The first-order valence-electron chi connectivity index (χ1n) is 5.67. The number of hydrogen-bond acceptors (Lipinski definition) is 4. The second-order valence-electron chi connectivity index (χ2n) is 3.83. The fourth-order valence-electron chi connectivity index (χ4n) is 1.54. The van der Waals surface area contributed by atoms with Crippen LogP contribution >= 0.6 is 0 Å². The number of aromatic hydroxyl groups is 1. The number of nitrogens with zero attached hydrogens (tertiary/aromatic N) is 3. The number of aryl methyl sites for hydroxylation is 1. The number of carbonyl (C=O) groups is 1. The molecule has 0 atom stereocenters. The Morgan fingerprint density at radius 3 is 3.06 bits per heavy atom. The molecule has 1 aromatic heterocycles. The summed E-state index contributed by atoms with van der Waals surface area (Å²) in [5.74, 6) is -0.102. The first-order chi connectivity index (χ1) is 8.75. The molecule has 2 N–H and O–H groups in total. The van der Waals surface area contributed by atoms with E-state index in [1.165, 1.54) is 12.1 Å². The lowest BCUT2D eigenvalue weighted by atomic mass is 10.2. The van der Waals surface area contributed by atoms with Crippen LogP contribution in [0.4, 0.5) is 0 Å². The fourth-order valence-corrected chi connectivity index (χ4v) is 1.54. The summed E-state index contributed by atoms with van der Waals surface area (Å²) in [5.41, 5.74) is 0.454.